The highest BCUT2D eigenvalue weighted by molar-refractivity contribution is 5.88. The maximum atomic E-state index is 6.59. The lowest BCUT2D eigenvalue weighted by atomic mass is 9.95. The molecule has 0 N–H and O–H groups in total. The number of hydrogen-bond donors (Lipinski definition) is 0. The third kappa shape index (κ3) is 31.0. The van der Waals surface area contributed by atoms with Crippen molar-refractivity contribution in [3.8, 4) is 68.8 Å². The topological polar surface area (TPSA) is 115 Å². The molecule has 0 aliphatic rings. The fourth-order valence-electron chi connectivity index (χ4n) is 15.8. The molecule has 2 heterocycles. The van der Waals surface area contributed by atoms with Gasteiger partial charge in [0, 0.05) is 33.4 Å². The van der Waals surface area contributed by atoms with Crippen molar-refractivity contribution in [2.75, 3.05) is 26.4 Å². The Morgan fingerprint density at radius 2 is 0.386 bits per heavy atom. The molecular formula is C122H134N4O6. The van der Waals surface area contributed by atoms with Crippen LogP contribution in [0.4, 0.5) is 0 Å². The number of aromatic nitrogens is 4. The van der Waals surface area contributed by atoms with Gasteiger partial charge in [0.1, 0.15) is 23.0 Å². The first kappa shape index (κ1) is 96.4. The number of aryl methyl sites for hydroxylation is 4. The zero-order valence-corrected chi connectivity index (χ0v) is 79.2. The molecule has 11 aromatic carbocycles. The minimum Gasteiger partial charge on any atom is -0.493 e. The molecular weight excluding hydrogens is 1620 g/mol. The van der Waals surface area contributed by atoms with Crippen LogP contribution in [-0.2, 0) is 0 Å². The van der Waals surface area contributed by atoms with E-state index in [2.05, 4.69) is 331 Å². The van der Waals surface area contributed by atoms with E-state index in [9.17, 15) is 0 Å². The third-order valence-electron chi connectivity index (χ3n) is 24.1. The Morgan fingerprint density at radius 1 is 0.197 bits per heavy atom. The number of nitrogens with zero attached hydrogens (tertiary/aromatic N) is 4. The number of ether oxygens (including phenoxy) is 4. The fraction of sp³-hybridized carbons (Fsp3) is 0.295. The molecule has 10 heteroatoms. The average Bonchev–Trinajstić information content (AvgIpc) is 1.47. The maximum Gasteiger partial charge on any atom is 0.248 e. The van der Waals surface area contributed by atoms with E-state index in [0.717, 1.165) is 171 Å². The van der Waals surface area contributed by atoms with E-state index in [-0.39, 0.29) is 0 Å². The molecule has 2 aromatic heterocycles. The minimum atomic E-state index is 0.486. The normalized spacial score (nSPS) is 11.9. The van der Waals surface area contributed by atoms with Gasteiger partial charge in [-0.3, -0.25) is 0 Å². The van der Waals surface area contributed by atoms with Crippen molar-refractivity contribution in [2.24, 2.45) is 0 Å². The molecule has 13 rings (SSSR count). The molecule has 0 amide bonds. The van der Waals surface area contributed by atoms with Gasteiger partial charge in [0.2, 0.25) is 23.6 Å². The standard InChI is InChI=1S/C122H134N4O6/c1-9-13-17-21-25-29-81-127-115-89-113(117(85-93(115)7)129-83-31-27-23-19-15-11-3)79-65-101-51-47-99(48-52-101)63-77-111-87-110(76-62-98-45-39-96(40-46-98)42-56-104-59-73-108(74-60-104)122-126-124-120(132-122)106-69-35-92(6)36-70-106)112(88-109(111)75-61-97-43-37-95(38-44-97)41-55-103-57-71-107(72-58-103)121-125-123-119(131-121)105-67-33-91(5)34-68-105)78-64-100-49-53-102(54-50-100)66-80-114-90-116(128-82-30-26-22-18-14-10-2)94(8)86-118(114)130-84-32-28-24-20-16-12-4/h33-80,85-90H,9-32,81-84H2,1-8H3/b55-41+,56-42+,75-61+,76-62+,77-63+,78-64+,79-65+,80-66+. The van der Waals surface area contributed by atoms with Crippen LogP contribution in [0.5, 0.6) is 23.0 Å². The second-order valence-corrected chi connectivity index (χ2v) is 35.0. The summed E-state index contributed by atoms with van der Waals surface area (Å²) in [6, 6.07) is 81.0. The summed E-state index contributed by atoms with van der Waals surface area (Å²) >= 11 is 0. The zero-order chi connectivity index (χ0) is 91.5. The van der Waals surface area contributed by atoms with Crippen molar-refractivity contribution in [3.05, 3.63) is 342 Å². The maximum absolute atomic E-state index is 6.59. The van der Waals surface area contributed by atoms with Crippen molar-refractivity contribution in [2.45, 2.75) is 209 Å². The second kappa shape index (κ2) is 52.6. The van der Waals surface area contributed by atoms with E-state index in [1.807, 2.05) is 72.8 Å². The minimum absolute atomic E-state index is 0.486. The number of rotatable bonds is 52. The summed E-state index contributed by atoms with van der Waals surface area (Å²) < 4.78 is 38.4. The summed E-state index contributed by atoms with van der Waals surface area (Å²) in [5.41, 5.74) is 25.2. The quantitative estimate of drug-likeness (QED) is 0.0270. The number of unbranched alkanes of at least 4 members (excludes halogenated alkanes) is 20. The van der Waals surface area contributed by atoms with E-state index in [0.29, 0.717) is 50.0 Å². The SMILES string of the molecule is CCCCCCCCOc1cc(/C=C/c2ccc(/C=C/c3cc(/C=C/c4ccc(/C=C/c5ccc(-c6nnc(-c7ccc(C)cc7)o6)cc5)cc4)c(/C=C/c4ccc(/C=C/c5cc(OCCCCCCCC)c(C)cc5OCCCCCCCC)cc4)cc3/C=C/c3ccc(/C=C/c4ccc(-c5nnc(-c6ccc(C)cc6)o5)cc4)cc3)cc2)c(OCCCCCCCC)cc1C. The first-order valence-corrected chi connectivity index (χ1v) is 48.7. The molecule has 13 aromatic rings. The molecule has 678 valence electrons. The van der Waals surface area contributed by atoms with Crippen LogP contribution in [0.2, 0.25) is 0 Å². The van der Waals surface area contributed by atoms with Gasteiger partial charge >= 0.3 is 0 Å². The van der Waals surface area contributed by atoms with E-state index in [1.165, 1.54) is 140 Å². The number of benzene rings is 11. The molecule has 0 saturated carbocycles. The van der Waals surface area contributed by atoms with Gasteiger partial charge in [0.05, 0.1) is 26.4 Å². The Hall–Kier alpha value is -13.2. The summed E-state index contributed by atoms with van der Waals surface area (Å²) in [7, 11) is 0. The molecule has 0 unspecified atom stereocenters. The van der Waals surface area contributed by atoms with Crippen molar-refractivity contribution in [1.82, 2.24) is 20.4 Å². The summed E-state index contributed by atoms with van der Waals surface area (Å²) in [5, 5.41) is 17.4. The molecule has 0 bridgehead atoms. The zero-order valence-electron chi connectivity index (χ0n) is 79.2. The fourth-order valence-corrected chi connectivity index (χ4v) is 15.8. The monoisotopic (exact) mass is 1750 g/mol. The van der Waals surface area contributed by atoms with E-state index in [1.54, 1.807) is 0 Å². The van der Waals surface area contributed by atoms with Gasteiger partial charge in [-0.25, -0.2) is 0 Å². The highest BCUT2D eigenvalue weighted by Crippen LogP contribution is 2.36. The highest BCUT2D eigenvalue weighted by Gasteiger charge is 2.17. The summed E-state index contributed by atoms with van der Waals surface area (Å²) in [4.78, 5) is 0. The summed E-state index contributed by atoms with van der Waals surface area (Å²) in [6.45, 7) is 20.3. The smallest absolute Gasteiger partial charge is 0.248 e. The number of hydrogen-bond acceptors (Lipinski definition) is 10. The van der Waals surface area contributed by atoms with Crippen molar-refractivity contribution in [1.29, 1.82) is 0 Å². The summed E-state index contributed by atoms with van der Waals surface area (Å²) in [6.07, 6.45) is 64.4. The molecule has 10 nitrogen and oxygen atoms in total. The van der Waals surface area contributed by atoms with Crippen LogP contribution in [0.1, 0.15) is 293 Å². The van der Waals surface area contributed by atoms with Crippen molar-refractivity contribution in [3.63, 3.8) is 0 Å². The third-order valence-corrected chi connectivity index (χ3v) is 24.1. The van der Waals surface area contributed by atoms with Crippen LogP contribution in [0.15, 0.2) is 239 Å². The lowest BCUT2D eigenvalue weighted by Crippen LogP contribution is -2.02. The lowest BCUT2D eigenvalue weighted by molar-refractivity contribution is 0.294. The Kier molecular flexibility index (Phi) is 38.4. The van der Waals surface area contributed by atoms with Gasteiger partial charge in [-0.15, -0.1) is 20.4 Å². The largest absolute Gasteiger partial charge is 0.493 e. The molecule has 132 heavy (non-hydrogen) atoms. The Labute approximate surface area is 786 Å². The predicted molar refractivity (Wildman–Crippen MR) is 561 cm³/mol. The Balaban J connectivity index is 0.796. The molecule has 0 fully saturated rings. The van der Waals surface area contributed by atoms with Gasteiger partial charge in [0.25, 0.3) is 0 Å². The van der Waals surface area contributed by atoms with Gasteiger partial charge in [-0.05, 0) is 227 Å². The highest BCUT2D eigenvalue weighted by atomic mass is 16.5. The van der Waals surface area contributed by atoms with E-state index >= 15 is 0 Å². The van der Waals surface area contributed by atoms with E-state index in [4.69, 9.17) is 27.8 Å². The van der Waals surface area contributed by atoms with Gasteiger partial charge in [0.15, 0.2) is 0 Å². The Morgan fingerprint density at radius 3 is 0.621 bits per heavy atom. The molecule has 0 aliphatic heterocycles. The second-order valence-electron chi connectivity index (χ2n) is 35.0. The van der Waals surface area contributed by atoms with Crippen LogP contribution in [0.3, 0.4) is 0 Å². The van der Waals surface area contributed by atoms with Crippen LogP contribution < -0.4 is 18.9 Å². The van der Waals surface area contributed by atoms with Crippen LogP contribution in [0.25, 0.3) is 143 Å². The Bertz CT molecular complexity index is 5570. The predicted octanol–water partition coefficient (Wildman–Crippen LogP) is 34.7. The first-order chi connectivity index (χ1) is 64.9. The van der Waals surface area contributed by atoms with Crippen LogP contribution >= 0.6 is 0 Å². The summed E-state index contributed by atoms with van der Waals surface area (Å²) in [5.74, 6) is 5.61. The molecule has 0 radical (unpaired) electrons. The molecule has 0 spiro atoms. The molecule has 0 aliphatic carbocycles. The van der Waals surface area contributed by atoms with Crippen molar-refractivity contribution < 1.29 is 27.8 Å². The van der Waals surface area contributed by atoms with Gasteiger partial charge < -0.3 is 27.8 Å². The van der Waals surface area contributed by atoms with E-state index < -0.39 is 0 Å². The van der Waals surface area contributed by atoms with Gasteiger partial charge in [-0.2, -0.15) is 0 Å². The average molecular weight is 1750 g/mol. The first-order valence-electron chi connectivity index (χ1n) is 48.7. The van der Waals surface area contributed by atoms with Crippen LogP contribution in [0, 0.1) is 27.7 Å². The molecule has 0 saturated heterocycles. The lowest BCUT2D eigenvalue weighted by Gasteiger charge is -2.15. The van der Waals surface area contributed by atoms with Crippen molar-refractivity contribution >= 4 is 97.2 Å². The molecule has 0 atom stereocenters. The van der Waals surface area contributed by atoms with Crippen LogP contribution in [-0.4, -0.2) is 46.8 Å². The van der Waals surface area contributed by atoms with Gasteiger partial charge in [-0.1, -0.05) is 410 Å².